The second kappa shape index (κ2) is 4.94. The van der Waals surface area contributed by atoms with Crippen LogP contribution in [0.4, 0.5) is 4.39 Å². The summed E-state index contributed by atoms with van der Waals surface area (Å²) >= 11 is 1.42. The summed E-state index contributed by atoms with van der Waals surface area (Å²) in [5.41, 5.74) is 0.726. The number of hydrogen-bond donors (Lipinski definition) is 1. The van der Waals surface area contributed by atoms with E-state index in [4.69, 9.17) is 0 Å². The van der Waals surface area contributed by atoms with E-state index in [1.54, 1.807) is 12.3 Å². The van der Waals surface area contributed by atoms with Gasteiger partial charge in [-0.15, -0.1) is 0 Å². The van der Waals surface area contributed by atoms with Crippen LogP contribution in [0.3, 0.4) is 0 Å². The molecule has 1 aromatic heterocycles. The van der Waals surface area contributed by atoms with Crippen molar-refractivity contribution in [1.82, 2.24) is 4.98 Å². The summed E-state index contributed by atoms with van der Waals surface area (Å²) in [5.74, 6) is 0.359. The lowest BCUT2D eigenvalue weighted by molar-refractivity contribution is -0.434. The van der Waals surface area contributed by atoms with Gasteiger partial charge in [0.1, 0.15) is 5.82 Å². The van der Waals surface area contributed by atoms with Gasteiger partial charge in [-0.1, -0.05) is 12.1 Å². The van der Waals surface area contributed by atoms with E-state index >= 15 is 0 Å². The number of thioether (sulfide) groups is 1. The largest absolute Gasteiger partial charge is 0.335 e. The van der Waals surface area contributed by atoms with Crippen LogP contribution in [0.15, 0.2) is 46.5 Å². The van der Waals surface area contributed by atoms with Crippen molar-refractivity contribution < 1.29 is 9.37 Å². The minimum Gasteiger partial charge on any atom is -0.241 e. The fourth-order valence-corrected chi connectivity index (χ4v) is 2.06. The molecule has 5 heteroatoms. The molecule has 0 aliphatic heterocycles. The van der Waals surface area contributed by atoms with Crippen LogP contribution in [0.5, 0.6) is 0 Å². The highest BCUT2D eigenvalue weighted by molar-refractivity contribution is 7.98. The number of aromatic amines is 2. The number of rotatable bonds is 3. The van der Waals surface area contributed by atoms with Crippen LogP contribution in [-0.4, -0.2) is 4.98 Å². The third kappa shape index (κ3) is 2.93. The molecule has 82 valence electrons. The van der Waals surface area contributed by atoms with Gasteiger partial charge in [-0.05, 0) is 29.5 Å². The fourth-order valence-electron chi connectivity index (χ4n) is 1.24. The summed E-state index contributed by atoms with van der Waals surface area (Å²) in [7, 11) is 0. The maximum Gasteiger partial charge on any atom is 0.335 e. The molecule has 0 amide bonds. The molecule has 1 heterocycles. The van der Waals surface area contributed by atoms with Crippen LogP contribution >= 0.6 is 11.8 Å². The third-order valence-electron chi connectivity index (χ3n) is 1.96. The van der Waals surface area contributed by atoms with Crippen molar-refractivity contribution in [1.29, 1.82) is 0 Å². The van der Waals surface area contributed by atoms with Gasteiger partial charge in [0.05, 0.1) is 12.3 Å². The van der Waals surface area contributed by atoms with Crippen molar-refractivity contribution in [3.8, 4) is 0 Å². The summed E-state index contributed by atoms with van der Waals surface area (Å²) in [4.78, 5) is 16.6. The van der Waals surface area contributed by atoms with Crippen molar-refractivity contribution in [2.75, 3.05) is 0 Å². The number of benzene rings is 1. The molecule has 16 heavy (non-hydrogen) atoms. The molecule has 0 aliphatic carbocycles. The minimum absolute atomic E-state index is 0.152. The smallest absolute Gasteiger partial charge is 0.241 e. The standard InChI is InChI=1S/C11H9FN2OS/c12-9-3-1-2-8(6-9)7-16-11-13-5-4-10(15)14-11/h1-6H,7H2,(H,13,14,15)/p+1. The Morgan fingerprint density at radius 3 is 3.00 bits per heavy atom. The second-order valence-corrected chi connectivity index (χ2v) is 4.20. The molecule has 0 aliphatic rings. The SMILES string of the molecule is O=c1cc[nH+]c(SCc2cccc(F)c2)[nH]1. The van der Waals surface area contributed by atoms with Gasteiger partial charge in [0.15, 0.2) is 0 Å². The molecule has 0 unspecified atom stereocenters. The normalized spacial score (nSPS) is 10.3. The van der Waals surface area contributed by atoms with Crippen LogP contribution < -0.4 is 10.5 Å². The molecule has 2 aromatic rings. The molecule has 1 aromatic carbocycles. The molecule has 0 saturated heterocycles. The summed E-state index contributed by atoms with van der Waals surface area (Å²) < 4.78 is 12.9. The average molecular weight is 237 g/mol. The van der Waals surface area contributed by atoms with Crippen molar-refractivity contribution >= 4 is 11.8 Å². The molecule has 0 spiro atoms. The first-order chi connectivity index (χ1) is 7.74. The Kier molecular flexibility index (Phi) is 3.36. The molecule has 2 rings (SSSR count). The first-order valence-electron chi connectivity index (χ1n) is 4.72. The molecule has 0 radical (unpaired) electrons. The Hall–Kier alpha value is -1.62. The first kappa shape index (κ1) is 10.9. The molecule has 0 bridgehead atoms. The summed E-state index contributed by atoms with van der Waals surface area (Å²) in [6.45, 7) is 0. The quantitative estimate of drug-likeness (QED) is 0.651. The Balaban J connectivity index is 2.05. The van der Waals surface area contributed by atoms with Gasteiger partial charge in [0.25, 0.3) is 0 Å². The molecule has 0 fully saturated rings. The van der Waals surface area contributed by atoms with E-state index in [1.165, 1.54) is 30.0 Å². The van der Waals surface area contributed by atoms with E-state index in [9.17, 15) is 9.18 Å². The van der Waals surface area contributed by atoms with Gasteiger partial charge >= 0.3 is 10.7 Å². The number of aromatic nitrogens is 2. The van der Waals surface area contributed by atoms with Gasteiger partial charge in [0, 0.05) is 5.75 Å². The zero-order chi connectivity index (χ0) is 11.4. The molecule has 3 nitrogen and oxygen atoms in total. The van der Waals surface area contributed by atoms with E-state index in [0.29, 0.717) is 10.9 Å². The predicted octanol–water partition coefficient (Wildman–Crippen LogP) is 1.62. The van der Waals surface area contributed by atoms with Gasteiger partial charge in [-0.3, -0.25) is 0 Å². The summed E-state index contributed by atoms with van der Waals surface area (Å²) in [6.07, 6.45) is 1.58. The fraction of sp³-hybridized carbons (Fsp3) is 0.0909. The molecule has 0 atom stereocenters. The molecule has 2 N–H and O–H groups in total. The Morgan fingerprint density at radius 2 is 2.25 bits per heavy atom. The maximum atomic E-state index is 12.9. The number of H-pyrrole nitrogens is 2. The maximum absolute atomic E-state index is 12.9. The summed E-state index contributed by atoms with van der Waals surface area (Å²) in [5, 5.41) is 0.664. The Labute approximate surface area is 95.7 Å². The lowest BCUT2D eigenvalue weighted by Gasteiger charge is -1.97. The zero-order valence-corrected chi connectivity index (χ0v) is 9.18. The lowest BCUT2D eigenvalue weighted by Crippen LogP contribution is -2.16. The van der Waals surface area contributed by atoms with Crippen LogP contribution in [0.25, 0.3) is 0 Å². The number of hydrogen-bond acceptors (Lipinski definition) is 2. The van der Waals surface area contributed by atoms with Gasteiger partial charge in [0.2, 0.25) is 0 Å². The average Bonchev–Trinajstić information content (AvgIpc) is 2.27. The van der Waals surface area contributed by atoms with Crippen LogP contribution in [0.1, 0.15) is 5.56 Å². The van der Waals surface area contributed by atoms with Gasteiger partial charge in [-0.25, -0.2) is 19.2 Å². The van der Waals surface area contributed by atoms with Crippen molar-refractivity contribution in [3.05, 3.63) is 58.3 Å². The van der Waals surface area contributed by atoms with Crippen LogP contribution in [0, 0.1) is 5.82 Å². The highest BCUT2D eigenvalue weighted by atomic mass is 32.2. The predicted molar refractivity (Wildman–Crippen MR) is 59.6 cm³/mol. The Bertz CT molecular complexity index is 541. The van der Waals surface area contributed by atoms with Crippen LogP contribution in [-0.2, 0) is 5.75 Å². The third-order valence-corrected chi connectivity index (χ3v) is 2.94. The van der Waals surface area contributed by atoms with Gasteiger partial charge in [-0.2, -0.15) is 0 Å². The van der Waals surface area contributed by atoms with E-state index in [-0.39, 0.29) is 11.4 Å². The number of halogens is 1. The number of nitrogens with one attached hydrogen (secondary N) is 2. The van der Waals surface area contributed by atoms with Crippen molar-refractivity contribution in [3.63, 3.8) is 0 Å². The monoisotopic (exact) mass is 237 g/mol. The van der Waals surface area contributed by atoms with E-state index in [1.807, 2.05) is 6.07 Å². The van der Waals surface area contributed by atoms with E-state index < -0.39 is 0 Å². The van der Waals surface area contributed by atoms with Crippen molar-refractivity contribution in [2.45, 2.75) is 10.9 Å². The summed E-state index contributed by atoms with van der Waals surface area (Å²) in [6, 6.07) is 7.81. The Morgan fingerprint density at radius 1 is 1.38 bits per heavy atom. The highest BCUT2D eigenvalue weighted by Crippen LogP contribution is 2.16. The first-order valence-corrected chi connectivity index (χ1v) is 5.71. The van der Waals surface area contributed by atoms with Crippen molar-refractivity contribution in [2.24, 2.45) is 0 Å². The molecular weight excluding hydrogens is 227 g/mol. The highest BCUT2D eigenvalue weighted by Gasteiger charge is 2.04. The zero-order valence-electron chi connectivity index (χ0n) is 8.37. The second-order valence-electron chi connectivity index (χ2n) is 3.21. The lowest BCUT2D eigenvalue weighted by atomic mass is 10.2. The molecule has 0 saturated carbocycles. The topological polar surface area (TPSA) is 47.0 Å². The van der Waals surface area contributed by atoms with Gasteiger partial charge < -0.3 is 0 Å². The molecular formula is C11H10FN2OS+. The van der Waals surface area contributed by atoms with Crippen LogP contribution in [0.2, 0.25) is 0 Å². The minimum atomic E-state index is -0.247. The van der Waals surface area contributed by atoms with E-state index in [0.717, 1.165) is 5.56 Å². The van der Waals surface area contributed by atoms with E-state index in [2.05, 4.69) is 9.97 Å².